The second-order valence-corrected chi connectivity index (χ2v) is 8.87. The van der Waals surface area contributed by atoms with Crippen molar-refractivity contribution in [1.82, 2.24) is 24.9 Å². The minimum Gasteiger partial charge on any atom is -0.436 e. The topological polar surface area (TPSA) is 118 Å². The van der Waals surface area contributed by atoms with E-state index in [9.17, 15) is 18.0 Å². The molecular weight excluding hydrogens is 505 g/mol. The Morgan fingerprint density at radius 1 is 1.13 bits per heavy atom. The fraction of sp³-hybridized carbons (Fsp3) is 0.417. The number of pyridine rings is 1. The van der Waals surface area contributed by atoms with Crippen molar-refractivity contribution >= 4 is 23.4 Å². The lowest BCUT2D eigenvalue weighted by Crippen LogP contribution is -2.54. The van der Waals surface area contributed by atoms with E-state index in [4.69, 9.17) is 14.5 Å². The number of likely N-dealkylation sites (N-methyl/N-ethyl adjacent to an activating group) is 1. The van der Waals surface area contributed by atoms with Crippen LogP contribution in [0.2, 0.25) is 0 Å². The van der Waals surface area contributed by atoms with E-state index in [0.717, 1.165) is 42.2 Å². The van der Waals surface area contributed by atoms with Crippen molar-refractivity contribution in [2.24, 2.45) is 0 Å². The van der Waals surface area contributed by atoms with Gasteiger partial charge in [0.25, 0.3) is 0 Å². The summed E-state index contributed by atoms with van der Waals surface area (Å²) in [5.41, 5.74) is 2.41. The van der Waals surface area contributed by atoms with Crippen molar-refractivity contribution in [3.05, 3.63) is 47.8 Å². The molecule has 2 aliphatic rings. The van der Waals surface area contributed by atoms with E-state index in [2.05, 4.69) is 25.3 Å². The number of ether oxygens (including phenoxy) is 2. The van der Waals surface area contributed by atoms with Gasteiger partial charge in [-0.1, -0.05) is 6.07 Å². The van der Waals surface area contributed by atoms with Gasteiger partial charge in [0.1, 0.15) is 11.7 Å². The Labute approximate surface area is 216 Å². The highest BCUT2D eigenvalue weighted by Gasteiger charge is 2.40. The van der Waals surface area contributed by atoms with Gasteiger partial charge in [0.2, 0.25) is 23.6 Å². The van der Waals surface area contributed by atoms with E-state index in [1.807, 2.05) is 11.9 Å². The maximum atomic E-state index is 13.1. The molecule has 200 valence electrons. The summed E-state index contributed by atoms with van der Waals surface area (Å²) in [4.78, 5) is 36.9. The highest BCUT2D eigenvalue weighted by Crippen LogP contribution is 2.40. The largest absolute Gasteiger partial charge is 0.451 e. The fourth-order valence-electron chi connectivity index (χ4n) is 4.43. The summed E-state index contributed by atoms with van der Waals surface area (Å²) in [6.45, 7) is 1.48. The molecule has 1 N–H and O–H groups in total. The molecule has 0 saturated carbocycles. The van der Waals surface area contributed by atoms with Crippen molar-refractivity contribution in [1.29, 1.82) is 0 Å². The molecule has 0 aliphatic carbocycles. The van der Waals surface area contributed by atoms with Gasteiger partial charge in [-0.3, -0.25) is 4.79 Å². The molecule has 38 heavy (non-hydrogen) atoms. The average molecular weight is 531 g/mol. The van der Waals surface area contributed by atoms with Crippen molar-refractivity contribution in [3.8, 4) is 11.6 Å². The highest BCUT2D eigenvalue weighted by molar-refractivity contribution is 6.05. The zero-order chi connectivity index (χ0) is 26.9. The van der Waals surface area contributed by atoms with Crippen LogP contribution in [0.4, 0.5) is 30.6 Å². The van der Waals surface area contributed by atoms with E-state index < -0.39 is 12.0 Å². The van der Waals surface area contributed by atoms with Gasteiger partial charge >= 0.3 is 6.18 Å². The minimum absolute atomic E-state index is 0.0354. The molecular formula is C24H25F3N8O3. The third-order valence-electron chi connectivity index (χ3n) is 6.30. The monoisotopic (exact) mass is 530 g/mol. The van der Waals surface area contributed by atoms with E-state index in [-0.39, 0.29) is 23.6 Å². The lowest BCUT2D eigenvalue weighted by atomic mass is 10.0. The molecule has 1 atom stereocenters. The van der Waals surface area contributed by atoms with Gasteiger partial charge in [-0.2, -0.15) is 18.2 Å². The maximum absolute atomic E-state index is 13.1. The number of rotatable bonds is 8. The SMILES string of the molecule is COCC[C@@H]1C(=O)N2CCCc3nc(NCc4ccc(Oc5cnc(C(F)(F)F)nc5)nc4)nc(c32)N1C. The number of methoxy groups -OCH3 is 1. The predicted molar refractivity (Wildman–Crippen MR) is 130 cm³/mol. The second-order valence-electron chi connectivity index (χ2n) is 8.87. The zero-order valence-corrected chi connectivity index (χ0v) is 20.7. The van der Waals surface area contributed by atoms with Gasteiger partial charge in [-0.05, 0) is 18.4 Å². The Morgan fingerprint density at radius 3 is 2.61 bits per heavy atom. The van der Waals surface area contributed by atoms with Crippen LogP contribution in [-0.2, 0) is 28.7 Å². The minimum atomic E-state index is -4.62. The number of carbonyl (C=O) groups is 1. The van der Waals surface area contributed by atoms with Gasteiger partial charge in [0.15, 0.2) is 11.6 Å². The number of nitrogens with one attached hydrogen (secondary N) is 1. The molecule has 0 saturated heterocycles. The lowest BCUT2D eigenvalue weighted by molar-refractivity contribution is -0.145. The summed E-state index contributed by atoms with van der Waals surface area (Å²) in [5, 5.41) is 3.22. The van der Waals surface area contributed by atoms with Crippen LogP contribution < -0.4 is 19.9 Å². The average Bonchev–Trinajstić information content (AvgIpc) is 2.91. The van der Waals surface area contributed by atoms with Crippen LogP contribution in [0.3, 0.4) is 0 Å². The van der Waals surface area contributed by atoms with E-state index in [1.165, 1.54) is 0 Å². The van der Waals surface area contributed by atoms with Crippen LogP contribution in [0.25, 0.3) is 0 Å². The normalized spacial score (nSPS) is 16.9. The van der Waals surface area contributed by atoms with E-state index >= 15 is 0 Å². The molecule has 0 radical (unpaired) electrons. The summed E-state index contributed by atoms with van der Waals surface area (Å²) < 4.78 is 48.5. The molecule has 11 nitrogen and oxygen atoms in total. The van der Waals surface area contributed by atoms with Gasteiger partial charge in [-0.25, -0.2) is 19.9 Å². The molecule has 5 heterocycles. The van der Waals surface area contributed by atoms with Gasteiger partial charge in [0.05, 0.1) is 18.1 Å². The first-order valence-corrected chi connectivity index (χ1v) is 11.9. The molecule has 1 amide bonds. The molecule has 14 heteroatoms. The van der Waals surface area contributed by atoms with E-state index in [0.29, 0.717) is 37.9 Å². The van der Waals surface area contributed by atoms with E-state index in [1.54, 1.807) is 30.3 Å². The number of halogens is 3. The summed E-state index contributed by atoms with van der Waals surface area (Å²) in [7, 11) is 3.47. The Hall–Kier alpha value is -4.07. The molecule has 2 aliphatic heterocycles. The number of carbonyl (C=O) groups excluding carboxylic acids is 1. The summed E-state index contributed by atoms with van der Waals surface area (Å²) in [6, 6.07) is 2.99. The molecule has 3 aromatic rings. The van der Waals surface area contributed by atoms with Crippen molar-refractivity contribution in [2.45, 2.75) is 38.0 Å². The third-order valence-corrected chi connectivity index (χ3v) is 6.30. The number of alkyl halides is 3. The summed E-state index contributed by atoms with van der Waals surface area (Å²) in [5.74, 6) is 0.161. The molecule has 5 rings (SSSR count). The number of aryl methyl sites for hydroxylation is 1. The first kappa shape index (κ1) is 25.6. The number of anilines is 3. The molecule has 0 spiro atoms. The number of amides is 1. The second kappa shape index (κ2) is 10.4. The van der Waals surface area contributed by atoms with Crippen LogP contribution in [-0.4, -0.2) is 64.2 Å². The Bertz CT molecular complexity index is 1310. The van der Waals surface area contributed by atoms with Crippen LogP contribution in [0.15, 0.2) is 30.7 Å². The number of nitrogens with zero attached hydrogens (tertiary/aromatic N) is 7. The molecule has 0 bridgehead atoms. The lowest BCUT2D eigenvalue weighted by Gasteiger charge is -2.42. The molecule has 3 aromatic heterocycles. The maximum Gasteiger partial charge on any atom is 0.451 e. The Balaban J connectivity index is 1.27. The Kier molecular flexibility index (Phi) is 6.97. The number of hydrogen-bond donors (Lipinski definition) is 1. The molecule has 0 unspecified atom stereocenters. The first-order chi connectivity index (χ1) is 18.2. The van der Waals surface area contributed by atoms with Crippen LogP contribution in [0.5, 0.6) is 11.6 Å². The van der Waals surface area contributed by atoms with Crippen LogP contribution in [0.1, 0.15) is 29.9 Å². The fourth-order valence-corrected chi connectivity index (χ4v) is 4.43. The van der Waals surface area contributed by atoms with Crippen LogP contribution >= 0.6 is 0 Å². The number of aromatic nitrogens is 5. The van der Waals surface area contributed by atoms with Gasteiger partial charge < -0.3 is 24.6 Å². The number of hydrogen-bond acceptors (Lipinski definition) is 10. The van der Waals surface area contributed by atoms with Crippen molar-refractivity contribution < 1.29 is 27.4 Å². The van der Waals surface area contributed by atoms with Gasteiger partial charge in [0, 0.05) is 52.5 Å². The first-order valence-electron chi connectivity index (χ1n) is 11.9. The standard InChI is InChI=1S/C24H25F3N8O3/c1-34-17(7-9-37-2)21(36)35-8-3-4-16-19(35)20(34)33-23(32-16)31-11-14-5-6-18(28-10-14)38-15-12-29-22(30-13-15)24(25,26)27/h5-6,10,12-13,17H,3-4,7-9,11H2,1-2H3,(H,31,32,33)/t17-/m1/s1. The molecule has 0 fully saturated rings. The van der Waals surface area contributed by atoms with Crippen LogP contribution in [0, 0.1) is 0 Å². The van der Waals surface area contributed by atoms with Gasteiger partial charge in [-0.15, -0.1) is 0 Å². The summed E-state index contributed by atoms with van der Waals surface area (Å²) >= 11 is 0. The van der Waals surface area contributed by atoms with Crippen molar-refractivity contribution in [2.75, 3.05) is 42.4 Å². The zero-order valence-electron chi connectivity index (χ0n) is 20.7. The Morgan fingerprint density at radius 2 is 1.92 bits per heavy atom. The third kappa shape index (κ3) is 5.16. The highest BCUT2D eigenvalue weighted by atomic mass is 19.4. The quantitative estimate of drug-likeness (QED) is 0.465. The molecule has 0 aromatic carbocycles. The predicted octanol–water partition coefficient (Wildman–Crippen LogP) is 3.22. The van der Waals surface area contributed by atoms with Crippen molar-refractivity contribution in [3.63, 3.8) is 0 Å². The summed E-state index contributed by atoms with van der Waals surface area (Å²) in [6.07, 6.45) is 0.969. The smallest absolute Gasteiger partial charge is 0.436 e.